The fraction of sp³-hybridized carbons (Fsp3) is 0.273. The number of aromatic nitrogens is 2. The van der Waals surface area contributed by atoms with Gasteiger partial charge in [-0.2, -0.15) is 5.10 Å². The largest absolute Gasteiger partial charge is 0.493 e. The van der Waals surface area contributed by atoms with Crippen LogP contribution in [-0.2, 0) is 6.54 Å². The summed E-state index contributed by atoms with van der Waals surface area (Å²) in [5.74, 6) is 0.849. The molecule has 1 N–H and O–H groups in total. The van der Waals surface area contributed by atoms with E-state index >= 15 is 0 Å². The van der Waals surface area contributed by atoms with E-state index in [0.29, 0.717) is 29.4 Å². The van der Waals surface area contributed by atoms with Crippen molar-refractivity contribution in [2.75, 3.05) is 26.6 Å². The van der Waals surface area contributed by atoms with Crippen LogP contribution in [0.15, 0.2) is 36.4 Å². The molecule has 2 aromatic carbocycles. The highest BCUT2D eigenvalue weighted by molar-refractivity contribution is 6.05. The Bertz CT molecular complexity index is 1170. The highest BCUT2D eigenvalue weighted by atomic mass is 16.6. The van der Waals surface area contributed by atoms with Crippen molar-refractivity contribution in [1.29, 1.82) is 0 Å². The zero-order chi connectivity index (χ0) is 23.4. The second-order valence-electron chi connectivity index (χ2n) is 6.99. The number of nitrogens with one attached hydrogen (secondary N) is 1. The third kappa shape index (κ3) is 4.48. The fourth-order valence-electron chi connectivity index (χ4n) is 3.34. The molecule has 10 nitrogen and oxygen atoms in total. The summed E-state index contributed by atoms with van der Waals surface area (Å²) in [4.78, 5) is 23.4. The molecule has 0 unspecified atom stereocenters. The van der Waals surface area contributed by atoms with Gasteiger partial charge < -0.3 is 19.5 Å². The van der Waals surface area contributed by atoms with Crippen molar-refractivity contribution in [2.45, 2.75) is 20.4 Å². The molecule has 0 fully saturated rings. The van der Waals surface area contributed by atoms with Gasteiger partial charge in [0.05, 0.1) is 49.9 Å². The number of hydrogen-bond donors (Lipinski definition) is 1. The number of rotatable bonds is 8. The minimum atomic E-state index is -0.590. The van der Waals surface area contributed by atoms with Gasteiger partial charge in [-0.3, -0.25) is 19.6 Å². The van der Waals surface area contributed by atoms with Crippen LogP contribution in [0.5, 0.6) is 17.2 Å². The van der Waals surface area contributed by atoms with Gasteiger partial charge in [-0.05, 0) is 43.7 Å². The van der Waals surface area contributed by atoms with Crippen LogP contribution in [0.3, 0.4) is 0 Å². The predicted octanol–water partition coefficient (Wildman–Crippen LogP) is 3.73. The van der Waals surface area contributed by atoms with Gasteiger partial charge in [0.2, 0.25) is 0 Å². The monoisotopic (exact) mass is 440 g/mol. The second kappa shape index (κ2) is 9.38. The topological polar surface area (TPSA) is 118 Å². The number of ether oxygens (including phenoxy) is 3. The molecule has 0 spiro atoms. The Balaban J connectivity index is 1.84. The molecule has 3 rings (SSSR count). The first-order chi connectivity index (χ1) is 15.3. The van der Waals surface area contributed by atoms with Gasteiger partial charge in [-0.25, -0.2) is 0 Å². The molecule has 0 aliphatic heterocycles. The van der Waals surface area contributed by atoms with E-state index < -0.39 is 10.8 Å². The van der Waals surface area contributed by atoms with Crippen LogP contribution < -0.4 is 19.5 Å². The summed E-state index contributed by atoms with van der Waals surface area (Å²) in [5.41, 5.74) is 2.72. The molecule has 0 bridgehead atoms. The Kier molecular flexibility index (Phi) is 6.62. The van der Waals surface area contributed by atoms with Crippen molar-refractivity contribution in [2.24, 2.45) is 0 Å². The number of carbonyl (C=O) groups is 1. The molecule has 0 radical (unpaired) electrons. The van der Waals surface area contributed by atoms with Crippen molar-refractivity contribution in [1.82, 2.24) is 9.78 Å². The van der Waals surface area contributed by atoms with Crippen molar-refractivity contribution in [3.63, 3.8) is 0 Å². The van der Waals surface area contributed by atoms with E-state index in [4.69, 9.17) is 14.2 Å². The number of carbonyl (C=O) groups excluding carboxylic acids is 1. The zero-order valence-electron chi connectivity index (χ0n) is 18.5. The Morgan fingerprint density at radius 1 is 1.03 bits per heavy atom. The van der Waals surface area contributed by atoms with Crippen LogP contribution in [0.1, 0.15) is 27.3 Å². The number of amides is 1. The maximum Gasteiger partial charge on any atom is 0.311 e. The van der Waals surface area contributed by atoms with Crippen LogP contribution in [0.25, 0.3) is 0 Å². The number of anilines is 1. The number of nitro groups is 1. The van der Waals surface area contributed by atoms with E-state index in [1.165, 1.54) is 25.3 Å². The number of nitrogens with zero attached hydrogens (tertiary/aromatic N) is 3. The van der Waals surface area contributed by atoms with Gasteiger partial charge in [0, 0.05) is 11.6 Å². The van der Waals surface area contributed by atoms with E-state index in [-0.39, 0.29) is 17.0 Å². The van der Waals surface area contributed by atoms with Crippen molar-refractivity contribution >= 4 is 17.3 Å². The lowest BCUT2D eigenvalue weighted by atomic mass is 10.1. The maximum atomic E-state index is 12.8. The van der Waals surface area contributed by atoms with Gasteiger partial charge in [0.15, 0.2) is 17.2 Å². The molecule has 0 saturated carbocycles. The van der Waals surface area contributed by atoms with Crippen LogP contribution >= 0.6 is 0 Å². The zero-order valence-corrected chi connectivity index (χ0v) is 18.5. The molecule has 0 aliphatic carbocycles. The third-order valence-corrected chi connectivity index (χ3v) is 5.04. The number of nitro benzene ring substituents is 1. The van der Waals surface area contributed by atoms with Gasteiger partial charge in [-0.15, -0.1) is 0 Å². The number of methoxy groups -OCH3 is 3. The van der Waals surface area contributed by atoms with Crippen molar-refractivity contribution in [3.05, 3.63) is 69.0 Å². The summed E-state index contributed by atoms with van der Waals surface area (Å²) in [5, 5.41) is 18.6. The van der Waals surface area contributed by atoms with Crippen LogP contribution in [-0.4, -0.2) is 41.9 Å². The van der Waals surface area contributed by atoms with Crippen LogP contribution in [0.4, 0.5) is 11.4 Å². The van der Waals surface area contributed by atoms with Crippen molar-refractivity contribution < 1.29 is 23.9 Å². The number of aryl methyl sites for hydroxylation is 1. The van der Waals surface area contributed by atoms with Crippen LogP contribution in [0.2, 0.25) is 0 Å². The summed E-state index contributed by atoms with van der Waals surface area (Å²) in [6, 6.07) is 9.65. The molecular weight excluding hydrogens is 416 g/mol. The lowest BCUT2D eigenvalue weighted by molar-refractivity contribution is -0.385. The molecular formula is C22H24N4O6. The van der Waals surface area contributed by atoms with Crippen molar-refractivity contribution in [3.8, 4) is 17.2 Å². The Labute approximate surface area is 184 Å². The Morgan fingerprint density at radius 2 is 1.69 bits per heavy atom. The summed E-state index contributed by atoms with van der Waals surface area (Å²) in [7, 11) is 4.48. The number of hydrogen-bond acceptors (Lipinski definition) is 7. The molecule has 1 heterocycles. The van der Waals surface area contributed by atoms with E-state index in [9.17, 15) is 14.9 Å². The molecule has 1 amide bonds. The number of benzene rings is 2. The molecule has 168 valence electrons. The van der Waals surface area contributed by atoms with E-state index in [1.807, 2.05) is 25.1 Å². The smallest absolute Gasteiger partial charge is 0.311 e. The lowest BCUT2D eigenvalue weighted by Gasteiger charge is -2.11. The van der Waals surface area contributed by atoms with Gasteiger partial charge in [0.1, 0.15) is 0 Å². The minimum absolute atomic E-state index is 0.0849. The average molecular weight is 440 g/mol. The second-order valence-corrected chi connectivity index (χ2v) is 6.99. The predicted molar refractivity (Wildman–Crippen MR) is 118 cm³/mol. The summed E-state index contributed by atoms with van der Waals surface area (Å²) < 4.78 is 17.4. The minimum Gasteiger partial charge on any atom is -0.493 e. The summed E-state index contributed by atoms with van der Waals surface area (Å²) in [6.07, 6.45) is 0. The van der Waals surface area contributed by atoms with E-state index in [1.54, 1.807) is 25.8 Å². The first-order valence-corrected chi connectivity index (χ1v) is 9.67. The van der Waals surface area contributed by atoms with Gasteiger partial charge in [-0.1, -0.05) is 6.07 Å². The normalized spacial score (nSPS) is 10.5. The molecule has 10 heteroatoms. The Morgan fingerprint density at radius 3 is 2.31 bits per heavy atom. The fourth-order valence-corrected chi connectivity index (χ4v) is 3.34. The maximum absolute atomic E-state index is 12.8. The SMILES string of the molecule is COc1ccc(Cn2nc(C)c(NC(=O)c3ccc(OC)c([N+](=O)[O-])c3)c2C)cc1OC. The average Bonchev–Trinajstić information content (AvgIpc) is 3.05. The first-order valence-electron chi connectivity index (χ1n) is 9.67. The molecule has 1 aromatic heterocycles. The molecule has 0 saturated heterocycles. The highest BCUT2D eigenvalue weighted by Crippen LogP contribution is 2.30. The highest BCUT2D eigenvalue weighted by Gasteiger charge is 2.20. The summed E-state index contributed by atoms with van der Waals surface area (Å²) >= 11 is 0. The van der Waals surface area contributed by atoms with E-state index in [2.05, 4.69) is 10.4 Å². The lowest BCUT2D eigenvalue weighted by Crippen LogP contribution is -2.14. The van der Waals surface area contributed by atoms with Gasteiger partial charge in [0.25, 0.3) is 5.91 Å². The third-order valence-electron chi connectivity index (χ3n) is 5.04. The summed E-state index contributed by atoms with van der Waals surface area (Å²) in [6.45, 7) is 4.08. The molecule has 3 aromatic rings. The molecule has 32 heavy (non-hydrogen) atoms. The quantitative estimate of drug-likeness (QED) is 0.419. The first kappa shape index (κ1) is 22.6. The van der Waals surface area contributed by atoms with Gasteiger partial charge >= 0.3 is 5.69 Å². The molecule has 0 atom stereocenters. The standard InChI is InChI=1S/C22H24N4O6/c1-13-21(23-22(27)16-7-9-18(30-3)17(11-16)26(28)29)14(2)25(24-13)12-15-6-8-19(31-4)20(10-15)32-5/h6-11H,12H2,1-5H3,(H,23,27). The Hall–Kier alpha value is -4.08. The molecule has 0 aliphatic rings. The van der Waals surface area contributed by atoms with E-state index in [0.717, 1.165) is 11.3 Å². The van der Waals surface area contributed by atoms with Crippen LogP contribution in [0, 0.1) is 24.0 Å².